The molecule has 100 valence electrons. The van der Waals surface area contributed by atoms with Crippen LogP contribution in [0.25, 0.3) is 11.1 Å². The number of nitrogens with zero attached hydrogens (tertiary/aromatic N) is 1. The van der Waals surface area contributed by atoms with Crippen molar-refractivity contribution in [2.24, 2.45) is 0 Å². The number of halogens is 5. The third-order valence-corrected chi connectivity index (χ3v) is 2.50. The Labute approximate surface area is 110 Å². The molecule has 7 heteroatoms. The number of pyridine rings is 1. The molecule has 0 aliphatic rings. The van der Waals surface area contributed by atoms with Crippen LogP contribution in [-0.2, 0) is 0 Å². The molecule has 0 spiro atoms. The van der Waals surface area contributed by atoms with Crippen molar-refractivity contribution < 1.29 is 22.3 Å². The largest absolute Gasteiger partial charge is 0.573 e. The molecule has 0 bridgehead atoms. The van der Waals surface area contributed by atoms with Gasteiger partial charge in [-0.05, 0) is 12.1 Å². The van der Waals surface area contributed by atoms with Crippen molar-refractivity contribution in [2.75, 3.05) is 0 Å². The van der Waals surface area contributed by atoms with Crippen molar-refractivity contribution in [3.05, 3.63) is 47.5 Å². The molecule has 19 heavy (non-hydrogen) atoms. The highest BCUT2D eigenvalue weighted by molar-refractivity contribution is 6.29. The van der Waals surface area contributed by atoms with E-state index in [0.717, 1.165) is 12.1 Å². The van der Waals surface area contributed by atoms with E-state index in [0.29, 0.717) is 0 Å². The normalized spacial score (nSPS) is 11.4. The van der Waals surface area contributed by atoms with Gasteiger partial charge in [0.2, 0.25) is 0 Å². The molecule has 0 aliphatic heterocycles. The number of alkyl halides is 3. The minimum Gasteiger partial charge on any atom is -0.405 e. The Hall–Kier alpha value is -1.82. The molecule has 2 nitrogen and oxygen atoms in total. The average molecular weight is 292 g/mol. The van der Waals surface area contributed by atoms with Crippen molar-refractivity contribution in [1.82, 2.24) is 4.98 Å². The van der Waals surface area contributed by atoms with Crippen LogP contribution in [0, 0.1) is 5.82 Å². The minimum absolute atomic E-state index is 0.0721. The van der Waals surface area contributed by atoms with Gasteiger partial charge in [-0.15, -0.1) is 13.2 Å². The van der Waals surface area contributed by atoms with E-state index < -0.39 is 17.9 Å². The third kappa shape index (κ3) is 3.35. The third-order valence-electron chi connectivity index (χ3n) is 2.22. The highest BCUT2D eigenvalue weighted by atomic mass is 35.5. The van der Waals surface area contributed by atoms with E-state index in [1.165, 1.54) is 24.4 Å². The molecule has 1 aromatic carbocycles. The summed E-state index contributed by atoms with van der Waals surface area (Å²) in [6.45, 7) is 0. The summed E-state index contributed by atoms with van der Waals surface area (Å²) in [6.07, 6.45) is -3.65. The Kier molecular flexibility index (Phi) is 3.61. The molecular weight excluding hydrogens is 286 g/mol. The number of hydrogen-bond acceptors (Lipinski definition) is 2. The second-order valence-corrected chi connectivity index (χ2v) is 3.90. The van der Waals surface area contributed by atoms with Crippen LogP contribution in [0.15, 0.2) is 36.5 Å². The zero-order valence-corrected chi connectivity index (χ0v) is 9.97. The molecule has 0 N–H and O–H groups in total. The molecule has 0 aliphatic carbocycles. The summed E-state index contributed by atoms with van der Waals surface area (Å²) >= 11 is 5.42. The lowest BCUT2D eigenvalue weighted by Crippen LogP contribution is -2.17. The number of rotatable bonds is 2. The highest BCUT2D eigenvalue weighted by Gasteiger charge is 2.32. The number of hydrogen-bond donors (Lipinski definition) is 0. The van der Waals surface area contributed by atoms with Gasteiger partial charge in [-0.25, -0.2) is 9.37 Å². The molecule has 1 heterocycles. The Balaban J connectivity index is 2.47. The number of benzene rings is 1. The van der Waals surface area contributed by atoms with Gasteiger partial charge in [0.1, 0.15) is 5.75 Å². The lowest BCUT2D eigenvalue weighted by atomic mass is 10.1. The quantitative estimate of drug-likeness (QED) is 0.603. The molecule has 0 saturated heterocycles. The minimum atomic E-state index is -4.82. The van der Waals surface area contributed by atoms with Crippen LogP contribution < -0.4 is 4.74 Å². The maximum atomic E-state index is 13.3. The number of ether oxygens (including phenoxy) is 1. The summed E-state index contributed by atoms with van der Waals surface area (Å²) in [5.41, 5.74) is 0.213. The van der Waals surface area contributed by atoms with E-state index in [2.05, 4.69) is 9.72 Å². The van der Waals surface area contributed by atoms with Crippen LogP contribution in [0.4, 0.5) is 17.6 Å². The first-order chi connectivity index (χ1) is 8.87. The average Bonchev–Trinajstić information content (AvgIpc) is 2.31. The van der Waals surface area contributed by atoms with Gasteiger partial charge in [0.05, 0.1) is 0 Å². The number of aromatic nitrogens is 1. The van der Waals surface area contributed by atoms with Gasteiger partial charge in [0.25, 0.3) is 0 Å². The summed E-state index contributed by atoms with van der Waals surface area (Å²) in [7, 11) is 0. The maximum absolute atomic E-state index is 13.3. The van der Waals surface area contributed by atoms with Gasteiger partial charge in [-0.2, -0.15) is 0 Å². The van der Waals surface area contributed by atoms with E-state index in [9.17, 15) is 17.6 Å². The van der Waals surface area contributed by atoms with Crippen LogP contribution in [0.1, 0.15) is 0 Å². The van der Waals surface area contributed by atoms with E-state index in [1.807, 2.05) is 0 Å². The van der Waals surface area contributed by atoms with Crippen molar-refractivity contribution in [2.45, 2.75) is 6.36 Å². The monoisotopic (exact) mass is 291 g/mol. The second-order valence-electron chi connectivity index (χ2n) is 3.54. The van der Waals surface area contributed by atoms with Gasteiger partial charge in [0, 0.05) is 17.3 Å². The van der Waals surface area contributed by atoms with Gasteiger partial charge in [-0.1, -0.05) is 29.8 Å². The lowest BCUT2D eigenvalue weighted by Gasteiger charge is -2.13. The first-order valence-corrected chi connectivity index (χ1v) is 5.41. The Morgan fingerprint density at radius 1 is 1.16 bits per heavy atom. The Morgan fingerprint density at radius 2 is 1.84 bits per heavy atom. The summed E-state index contributed by atoms with van der Waals surface area (Å²) in [5.74, 6) is -1.25. The maximum Gasteiger partial charge on any atom is 0.573 e. The van der Waals surface area contributed by atoms with Gasteiger partial charge >= 0.3 is 6.36 Å². The Bertz CT molecular complexity index is 601. The molecule has 0 amide bonds. The molecule has 0 saturated carbocycles. The van der Waals surface area contributed by atoms with Gasteiger partial charge in [-0.3, -0.25) is 0 Å². The summed E-state index contributed by atoms with van der Waals surface area (Å²) in [6, 6.07) is 6.38. The standard InChI is InChI=1S/C12H6ClF4NO/c13-11-9(14)5-7(6-18-11)8-3-1-2-4-10(8)19-12(15,16)17/h1-6H. The first kappa shape index (κ1) is 13.6. The summed E-state index contributed by atoms with van der Waals surface area (Å²) < 4.78 is 53.9. The topological polar surface area (TPSA) is 22.1 Å². The van der Waals surface area contributed by atoms with Crippen molar-refractivity contribution in [3.8, 4) is 16.9 Å². The van der Waals surface area contributed by atoms with E-state index >= 15 is 0 Å². The lowest BCUT2D eigenvalue weighted by molar-refractivity contribution is -0.274. The zero-order valence-electron chi connectivity index (χ0n) is 9.21. The van der Waals surface area contributed by atoms with Crippen molar-refractivity contribution in [3.63, 3.8) is 0 Å². The van der Waals surface area contributed by atoms with Crippen molar-refractivity contribution in [1.29, 1.82) is 0 Å². The fourth-order valence-electron chi connectivity index (χ4n) is 1.49. The van der Waals surface area contributed by atoms with Crippen molar-refractivity contribution >= 4 is 11.6 Å². The van der Waals surface area contributed by atoms with Crippen LogP contribution in [0.5, 0.6) is 5.75 Å². The van der Waals surface area contributed by atoms with Crippen LogP contribution in [0.2, 0.25) is 5.15 Å². The Morgan fingerprint density at radius 3 is 2.47 bits per heavy atom. The fraction of sp³-hybridized carbons (Fsp3) is 0.0833. The molecular formula is C12H6ClF4NO. The predicted molar refractivity (Wildman–Crippen MR) is 61.3 cm³/mol. The van der Waals surface area contributed by atoms with Crippen LogP contribution in [-0.4, -0.2) is 11.3 Å². The fourth-order valence-corrected chi connectivity index (χ4v) is 1.59. The van der Waals surface area contributed by atoms with E-state index in [1.54, 1.807) is 0 Å². The molecule has 2 rings (SSSR count). The number of para-hydroxylation sites is 1. The van der Waals surface area contributed by atoms with Crippen LogP contribution in [0.3, 0.4) is 0 Å². The summed E-state index contributed by atoms with van der Waals surface area (Å²) in [4.78, 5) is 3.55. The molecule has 0 radical (unpaired) electrons. The second kappa shape index (κ2) is 5.05. The predicted octanol–water partition coefficient (Wildman–Crippen LogP) is 4.44. The SMILES string of the molecule is Fc1cc(-c2ccccc2OC(F)(F)F)cnc1Cl. The molecule has 0 unspecified atom stereocenters. The summed E-state index contributed by atoms with van der Waals surface area (Å²) in [5, 5.41) is -0.349. The van der Waals surface area contributed by atoms with E-state index in [-0.39, 0.29) is 16.3 Å². The van der Waals surface area contributed by atoms with Crippen LogP contribution >= 0.6 is 11.6 Å². The van der Waals surface area contributed by atoms with Gasteiger partial charge < -0.3 is 4.74 Å². The molecule has 2 aromatic rings. The molecule has 0 fully saturated rings. The van der Waals surface area contributed by atoms with E-state index in [4.69, 9.17) is 11.6 Å². The molecule has 0 atom stereocenters. The zero-order chi connectivity index (χ0) is 14.0. The van der Waals surface area contributed by atoms with Gasteiger partial charge in [0.15, 0.2) is 11.0 Å². The molecule has 1 aromatic heterocycles. The smallest absolute Gasteiger partial charge is 0.405 e. The first-order valence-electron chi connectivity index (χ1n) is 5.03. The highest BCUT2D eigenvalue weighted by Crippen LogP contribution is 2.34.